The SMILES string of the molecule is COCCOc1cc([N+](=O)[O-])c(C(=O)NCCOc2cccc3c2OC(C)(C)C3)cc1OC. The summed E-state index contributed by atoms with van der Waals surface area (Å²) in [5, 5.41) is 14.2. The van der Waals surface area contributed by atoms with Crippen LogP contribution in [0.4, 0.5) is 5.69 Å². The topological polar surface area (TPSA) is 118 Å². The van der Waals surface area contributed by atoms with Gasteiger partial charge in [0.25, 0.3) is 11.6 Å². The van der Waals surface area contributed by atoms with Crippen LogP contribution in [0.2, 0.25) is 0 Å². The van der Waals surface area contributed by atoms with E-state index in [9.17, 15) is 14.9 Å². The average molecular weight is 460 g/mol. The quantitative estimate of drug-likeness (QED) is 0.309. The number of nitrogens with one attached hydrogen (secondary N) is 1. The van der Waals surface area contributed by atoms with Gasteiger partial charge < -0.3 is 29.0 Å². The summed E-state index contributed by atoms with van der Waals surface area (Å²) in [6.45, 7) is 4.79. The third-order valence-electron chi connectivity index (χ3n) is 4.97. The van der Waals surface area contributed by atoms with E-state index in [1.54, 1.807) is 6.07 Å². The summed E-state index contributed by atoms with van der Waals surface area (Å²) in [7, 11) is 2.90. The molecule has 0 unspecified atom stereocenters. The molecule has 0 saturated carbocycles. The summed E-state index contributed by atoms with van der Waals surface area (Å²) in [5.41, 5.74) is 0.241. The Labute approximate surface area is 191 Å². The molecular formula is C23H28N2O8. The molecule has 1 aliphatic heterocycles. The van der Waals surface area contributed by atoms with Gasteiger partial charge in [0.1, 0.15) is 24.4 Å². The molecule has 10 nitrogen and oxygen atoms in total. The van der Waals surface area contributed by atoms with Gasteiger partial charge in [-0.1, -0.05) is 12.1 Å². The van der Waals surface area contributed by atoms with Crippen LogP contribution < -0.4 is 24.3 Å². The van der Waals surface area contributed by atoms with Crippen molar-refractivity contribution in [3.05, 3.63) is 51.6 Å². The first kappa shape index (κ1) is 24.1. The van der Waals surface area contributed by atoms with Gasteiger partial charge in [0, 0.05) is 25.2 Å². The zero-order valence-electron chi connectivity index (χ0n) is 19.1. The minimum atomic E-state index is -0.638. The Morgan fingerprint density at radius 2 is 1.88 bits per heavy atom. The van der Waals surface area contributed by atoms with E-state index in [-0.39, 0.29) is 42.4 Å². The van der Waals surface area contributed by atoms with Crippen LogP contribution in [0, 0.1) is 10.1 Å². The summed E-state index contributed by atoms with van der Waals surface area (Å²) in [5.74, 6) is 1.04. The first-order valence-electron chi connectivity index (χ1n) is 10.5. The molecule has 178 valence electrons. The molecule has 2 aromatic carbocycles. The Balaban J connectivity index is 1.65. The average Bonchev–Trinajstić information content (AvgIpc) is 3.10. The van der Waals surface area contributed by atoms with Crippen molar-refractivity contribution in [2.45, 2.75) is 25.9 Å². The van der Waals surface area contributed by atoms with Gasteiger partial charge in [0.2, 0.25) is 0 Å². The third-order valence-corrected chi connectivity index (χ3v) is 4.97. The van der Waals surface area contributed by atoms with Gasteiger partial charge in [-0.2, -0.15) is 0 Å². The number of nitro groups is 1. The second-order valence-corrected chi connectivity index (χ2v) is 8.01. The fourth-order valence-corrected chi connectivity index (χ4v) is 3.51. The Bertz CT molecular complexity index is 1020. The number of nitrogens with zero attached hydrogens (tertiary/aromatic N) is 1. The number of ether oxygens (including phenoxy) is 5. The first-order valence-corrected chi connectivity index (χ1v) is 10.5. The van der Waals surface area contributed by atoms with Crippen LogP contribution in [0.5, 0.6) is 23.0 Å². The van der Waals surface area contributed by atoms with E-state index in [4.69, 9.17) is 23.7 Å². The van der Waals surface area contributed by atoms with Gasteiger partial charge in [0.15, 0.2) is 23.0 Å². The van der Waals surface area contributed by atoms with E-state index in [0.717, 1.165) is 12.0 Å². The molecule has 0 saturated heterocycles. The monoisotopic (exact) mass is 460 g/mol. The first-order chi connectivity index (χ1) is 15.8. The lowest BCUT2D eigenvalue weighted by Crippen LogP contribution is -2.29. The van der Waals surface area contributed by atoms with E-state index in [0.29, 0.717) is 18.1 Å². The molecule has 1 aliphatic rings. The summed E-state index contributed by atoms with van der Waals surface area (Å²) < 4.78 is 27.4. The molecule has 0 aliphatic carbocycles. The van der Waals surface area contributed by atoms with E-state index in [1.165, 1.54) is 26.4 Å². The summed E-state index contributed by atoms with van der Waals surface area (Å²) in [6, 6.07) is 8.15. The fraction of sp³-hybridized carbons (Fsp3) is 0.435. The van der Waals surface area contributed by atoms with Crippen molar-refractivity contribution in [2.24, 2.45) is 0 Å². The molecule has 33 heavy (non-hydrogen) atoms. The number of para-hydroxylation sites is 1. The van der Waals surface area contributed by atoms with Crippen LogP contribution in [0.15, 0.2) is 30.3 Å². The molecule has 0 radical (unpaired) electrons. The number of methoxy groups -OCH3 is 2. The number of carbonyl (C=O) groups is 1. The number of carbonyl (C=O) groups excluding carboxylic acids is 1. The Morgan fingerprint density at radius 1 is 1.12 bits per heavy atom. The Morgan fingerprint density at radius 3 is 2.58 bits per heavy atom. The summed E-state index contributed by atoms with van der Waals surface area (Å²) >= 11 is 0. The zero-order chi connectivity index (χ0) is 24.0. The highest BCUT2D eigenvalue weighted by Gasteiger charge is 2.32. The minimum absolute atomic E-state index is 0.136. The van der Waals surface area contributed by atoms with Gasteiger partial charge in [-0.25, -0.2) is 0 Å². The smallest absolute Gasteiger partial charge is 0.286 e. The van der Waals surface area contributed by atoms with E-state index < -0.39 is 16.5 Å². The van der Waals surface area contributed by atoms with Crippen LogP contribution in [0.25, 0.3) is 0 Å². The molecule has 1 N–H and O–H groups in total. The molecular weight excluding hydrogens is 432 g/mol. The van der Waals surface area contributed by atoms with Crippen molar-refractivity contribution in [2.75, 3.05) is 40.6 Å². The van der Waals surface area contributed by atoms with E-state index >= 15 is 0 Å². The molecule has 1 amide bonds. The standard InChI is InChI=1S/C23H28N2O8/c1-23(2)14-15-6-5-7-18(21(15)33-23)31-9-8-24-22(26)16-12-19(30-4)20(32-11-10-29-3)13-17(16)25(27)28/h5-7,12-13H,8-11,14H2,1-4H3,(H,24,26). The second kappa shape index (κ2) is 10.4. The molecule has 0 fully saturated rings. The molecule has 3 rings (SSSR count). The zero-order valence-corrected chi connectivity index (χ0v) is 19.1. The predicted molar refractivity (Wildman–Crippen MR) is 120 cm³/mol. The molecule has 0 aromatic heterocycles. The number of benzene rings is 2. The van der Waals surface area contributed by atoms with Crippen molar-refractivity contribution < 1.29 is 33.4 Å². The number of hydrogen-bond acceptors (Lipinski definition) is 8. The highest BCUT2D eigenvalue weighted by molar-refractivity contribution is 5.99. The van der Waals surface area contributed by atoms with Crippen molar-refractivity contribution in [3.63, 3.8) is 0 Å². The van der Waals surface area contributed by atoms with Crippen LogP contribution in [-0.2, 0) is 11.2 Å². The van der Waals surface area contributed by atoms with Crippen molar-refractivity contribution in [3.8, 4) is 23.0 Å². The summed E-state index contributed by atoms with van der Waals surface area (Å²) in [4.78, 5) is 23.6. The Hall–Kier alpha value is -3.53. The van der Waals surface area contributed by atoms with Crippen molar-refractivity contribution >= 4 is 11.6 Å². The highest BCUT2D eigenvalue weighted by Crippen LogP contribution is 2.41. The van der Waals surface area contributed by atoms with Gasteiger partial charge >= 0.3 is 0 Å². The maximum absolute atomic E-state index is 12.7. The summed E-state index contributed by atoms with van der Waals surface area (Å²) in [6.07, 6.45) is 0.785. The van der Waals surface area contributed by atoms with Crippen LogP contribution in [-0.4, -0.2) is 57.0 Å². The fourth-order valence-electron chi connectivity index (χ4n) is 3.51. The van der Waals surface area contributed by atoms with Gasteiger partial charge in [-0.3, -0.25) is 14.9 Å². The lowest BCUT2D eigenvalue weighted by Gasteiger charge is -2.18. The third kappa shape index (κ3) is 5.83. The maximum atomic E-state index is 12.7. The van der Waals surface area contributed by atoms with Crippen LogP contribution >= 0.6 is 0 Å². The van der Waals surface area contributed by atoms with Gasteiger partial charge in [0.05, 0.1) is 31.3 Å². The Kier molecular flexibility index (Phi) is 7.59. The van der Waals surface area contributed by atoms with Crippen molar-refractivity contribution in [1.82, 2.24) is 5.32 Å². The second-order valence-electron chi connectivity index (χ2n) is 8.01. The molecule has 0 bridgehead atoms. The number of fused-ring (bicyclic) bond motifs is 1. The molecule has 0 atom stereocenters. The van der Waals surface area contributed by atoms with E-state index in [1.807, 2.05) is 26.0 Å². The van der Waals surface area contributed by atoms with Gasteiger partial charge in [-0.05, 0) is 19.9 Å². The van der Waals surface area contributed by atoms with Crippen molar-refractivity contribution in [1.29, 1.82) is 0 Å². The van der Waals surface area contributed by atoms with Crippen LogP contribution in [0.1, 0.15) is 29.8 Å². The lowest BCUT2D eigenvalue weighted by atomic mass is 10.0. The number of amides is 1. The number of rotatable bonds is 11. The highest BCUT2D eigenvalue weighted by atomic mass is 16.6. The van der Waals surface area contributed by atoms with Gasteiger partial charge in [-0.15, -0.1) is 0 Å². The molecule has 10 heteroatoms. The maximum Gasteiger partial charge on any atom is 0.286 e. The normalized spacial score (nSPS) is 13.6. The minimum Gasteiger partial charge on any atom is -0.493 e. The lowest BCUT2D eigenvalue weighted by molar-refractivity contribution is -0.385. The number of nitro benzene ring substituents is 1. The van der Waals surface area contributed by atoms with Crippen LogP contribution in [0.3, 0.4) is 0 Å². The van der Waals surface area contributed by atoms with E-state index in [2.05, 4.69) is 5.32 Å². The predicted octanol–water partition coefficient (Wildman–Crippen LogP) is 3.15. The number of hydrogen-bond donors (Lipinski definition) is 1. The molecule has 2 aromatic rings. The largest absolute Gasteiger partial charge is 0.493 e. The molecule has 1 heterocycles. The molecule has 0 spiro atoms.